The lowest BCUT2D eigenvalue weighted by molar-refractivity contribution is -0.142. The lowest BCUT2D eigenvalue weighted by Crippen LogP contribution is -2.04. The average molecular weight is 274 g/mol. The first-order valence-corrected chi connectivity index (χ1v) is 6.64. The van der Waals surface area contributed by atoms with E-state index < -0.39 is 0 Å². The smallest absolute Gasteiger partial charge is 0.303 e. The van der Waals surface area contributed by atoms with E-state index in [-0.39, 0.29) is 18.4 Å². The minimum atomic E-state index is -0.312. The maximum atomic E-state index is 13.0. The number of aromatic nitrogens is 2. The van der Waals surface area contributed by atoms with Gasteiger partial charge in [0.1, 0.15) is 18.1 Å². The fraction of sp³-hybridized carbons (Fsp3) is 0.333. The van der Waals surface area contributed by atoms with Gasteiger partial charge < -0.3 is 4.74 Å². The molecule has 1 heterocycles. The van der Waals surface area contributed by atoms with Crippen molar-refractivity contribution in [3.8, 4) is 5.69 Å². The van der Waals surface area contributed by atoms with Crippen LogP contribution in [0.25, 0.3) is 5.69 Å². The number of benzene rings is 1. The first-order chi connectivity index (χ1) is 9.65. The zero-order valence-corrected chi connectivity index (χ0v) is 11.2. The van der Waals surface area contributed by atoms with Crippen LogP contribution in [0.2, 0.25) is 0 Å². The third-order valence-corrected chi connectivity index (χ3v) is 3.50. The summed E-state index contributed by atoms with van der Waals surface area (Å²) in [6, 6.07) is 6.25. The molecule has 0 fully saturated rings. The van der Waals surface area contributed by atoms with Gasteiger partial charge in [-0.05, 0) is 43.5 Å². The zero-order chi connectivity index (χ0) is 14.1. The summed E-state index contributed by atoms with van der Waals surface area (Å²) in [5.41, 5.74) is 3.94. The van der Waals surface area contributed by atoms with Gasteiger partial charge in [0.2, 0.25) is 0 Å². The molecule has 0 atom stereocenters. The summed E-state index contributed by atoms with van der Waals surface area (Å²) in [5.74, 6) is -0.578. The first-order valence-electron chi connectivity index (χ1n) is 6.64. The summed E-state index contributed by atoms with van der Waals surface area (Å²) in [4.78, 5) is 10.9. The Morgan fingerprint density at radius 2 is 2.10 bits per heavy atom. The fourth-order valence-corrected chi connectivity index (χ4v) is 2.60. The molecule has 20 heavy (non-hydrogen) atoms. The number of carbonyl (C=O) groups is 1. The van der Waals surface area contributed by atoms with E-state index in [9.17, 15) is 9.18 Å². The van der Waals surface area contributed by atoms with Gasteiger partial charge in [0, 0.05) is 18.2 Å². The van der Waals surface area contributed by atoms with Crippen LogP contribution in [0.1, 0.15) is 30.3 Å². The molecule has 0 bridgehead atoms. The molecular weight excluding hydrogens is 259 g/mol. The predicted molar refractivity (Wildman–Crippen MR) is 71.0 cm³/mol. The SMILES string of the molecule is CC(=O)OCc1nn(-c2ccc(F)cc2)c2c1CCC2. The number of fused-ring (bicyclic) bond motifs is 1. The van der Waals surface area contributed by atoms with Crippen LogP contribution in [0.5, 0.6) is 0 Å². The maximum absolute atomic E-state index is 13.0. The molecule has 0 radical (unpaired) electrons. The number of nitrogens with zero attached hydrogens (tertiary/aromatic N) is 2. The minimum Gasteiger partial charge on any atom is -0.459 e. The van der Waals surface area contributed by atoms with Crippen LogP contribution < -0.4 is 0 Å². The van der Waals surface area contributed by atoms with Gasteiger partial charge in [-0.2, -0.15) is 5.10 Å². The third kappa shape index (κ3) is 2.31. The van der Waals surface area contributed by atoms with Gasteiger partial charge >= 0.3 is 5.97 Å². The molecular formula is C15H15FN2O2. The van der Waals surface area contributed by atoms with E-state index in [4.69, 9.17) is 4.74 Å². The van der Waals surface area contributed by atoms with Gasteiger partial charge in [-0.15, -0.1) is 0 Å². The van der Waals surface area contributed by atoms with Gasteiger partial charge in [-0.1, -0.05) is 0 Å². The summed E-state index contributed by atoms with van der Waals surface area (Å²) >= 11 is 0. The molecule has 0 spiro atoms. The zero-order valence-electron chi connectivity index (χ0n) is 11.2. The van der Waals surface area contributed by atoms with E-state index in [2.05, 4.69) is 5.10 Å². The van der Waals surface area contributed by atoms with Gasteiger partial charge in [0.25, 0.3) is 0 Å². The predicted octanol–water partition coefficient (Wildman–Crippen LogP) is 2.56. The van der Waals surface area contributed by atoms with Gasteiger partial charge in [-0.25, -0.2) is 9.07 Å². The van der Waals surface area contributed by atoms with E-state index in [0.29, 0.717) is 0 Å². The second kappa shape index (κ2) is 5.07. The van der Waals surface area contributed by atoms with Crippen LogP contribution in [-0.2, 0) is 29.0 Å². The normalized spacial score (nSPS) is 13.3. The van der Waals surface area contributed by atoms with Crippen molar-refractivity contribution in [1.82, 2.24) is 9.78 Å². The lowest BCUT2D eigenvalue weighted by Gasteiger charge is -2.05. The number of carbonyl (C=O) groups excluding carboxylic acids is 1. The third-order valence-electron chi connectivity index (χ3n) is 3.50. The highest BCUT2D eigenvalue weighted by molar-refractivity contribution is 5.65. The van der Waals surface area contributed by atoms with Crippen molar-refractivity contribution >= 4 is 5.97 Å². The van der Waals surface area contributed by atoms with Gasteiger partial charge in [0.15, 0.2) is 0 Å². The quantitative estimate of drug-likeness (QED) is 0.808. The van der Waals surface area contributed by atoms with Crippen molar-refractivity contribution in [2.24, 2.45) is 0 Å². The molecule has 2 aromatic rings. The molecule has 5 heteroatoms. The van der Waals surface area contributed by atoms with Crippen LogP contribution in [-0.4, -0.2) is 15.7 Å². The molecule has 1 aromatic carbocycles. The highest BCUT2D eigenvalue weighted by Gasteiger charge is 2.23. The Morgan fingerprint density at radius 1 is 1.35 bits per heavy atom. The maximum Gasteiger partial charge on any atom is 0.303 e. The van der Waals surface area contributed by atoms with E-state index >= 15 is 0 Å². The molecule has 0 aliphatic heterocycles. The molecule has 0 unspecified atom stereocenters. The Hall–Kier alpha value is -2.17. The second-order valence-electron chi connectivity index (χ2n) is 4.89. The highest BCUT2D eigenvalue weighted by Crippen LogP contribution is 2.28. The van der Waals surface area contributed by atoms with Crippen molar-refractivity contribution < 1.29 is 13.9 Å². The summed E-state index contributed by atoms with van der Waals surface area (Å²) in [5, 5.41) is 4.52. The van der Waals surface area contributed by atoms with Crippen molar-refractivity contribution in [1.29, 1.82) is 0 Å². The lowest BCUT2D eigenvalue weighted by atomic mass is 10.2. The van der Waals surface area contributed by atoms with E-state index in [1.54, 1.807) is 12.1 Å². The molecule has 0 saturated heterocycles. The Balaban J connectivity index is 1.97. The molecule has 0 N–H and O–H groups in total. The second-order valence-corrected chi connectivity index (χ2v) is 4.89. The molecule has 1 aliphatic rings. The van der Waals surface area contributed by atoms with Gasteiger partial charge in [0.05, 0.1) is 5.69 Å². The van der Waals surface area contributed by atoms with Gasteiger partial charge in [-0.3, -0.25) is 4.79 Å². The Morgan fingerprint density at radius 3 is 2.80 bits per heavy atom. The molecule has 0 saturated carbocycles. The monoisotopic (exact) mass is 274 g/mol. The van der Waals surface area contributed by atoms with Crippen LogP contribution in [0.15, 0.2) is 24.3 Å². The Labute approximate surface area is 116 Å². The molecule has 3 rings (SSSR count). The number of ether oxygens (including phenoxy) is 1. The molecule has 1 aromatic heterocycles. The van der Waals surface area contributed by atoms with Crippen molar-refractivity contribution in [2.75, 3.05) is 0 Å². The van der Waals surface area contributed by atoms with E-state index in [1.807, 2.05) is 4.68 Å². The number of rotatable bonds is 3. The Bertz CT molecular complexity index is 647. The van der Waals surface area contributed by atoms with Crippen LogP contribution in [0.4, 0.5) is 4.39 Å². The largest absolute Gasteiger partial charge is 0.459 e. The average Bonchev–Trinajstić information content (AvgIpc) is 3.00. The van der Waals surface area contributed by atoms with E-state index in [0.717, 1.165) is 41.9 Å². The summed E-state index contributed by atoms with van der Waals surface area (Å²) in [7, 11) is 0. The topological polar surface area (TPSA) is 44.1 Å². The van der Waals surface area contributed by atoms with Crippen molar-refractivity contribution in [2.45, 2.75) is 32.8 Å². The Kier molecular flexibility index (Phi) is 3.26. The van der Waals surface area contributed by atoms with Crippen LogP contribution >= 0.6 is 0 Å². The van der Waals surface area contributed by atoms with Crippen LogP contribution in [0.3, 0.4) is 0 Å². The van der Waals surface area contributed by atoms with Crippen LogP contribution in [0, 0.1) is 5.82 Å². The number of hydrogen-bond acceptors (Lipinski definition) is 3. The highest BCUT2D eigenvalue weighted by atomic mass is 19.1. The van der Waals surface area contributed by atoms with E-state index in [1.165, 1.54) is 19.1 Å². The summed E-state index contributed by atoms with van der Waals surface area (Å²) in [6.45, 7) is 1.59. The standard InChI is InChI=1S/C15H15FN2O2/c1-10(19)20-9-14-13-3-2-4-15(13)18(17-14)12-7-5-11(16)6-8-12/h5-8H,2-4,9H2,1H3. The summed E-state index contributed by atoms with van der Waals surface area (Å²) in [6.07, 6.45) is 2.97. The summed E-state index contributed by atoms with van der Waals surface area (Å²) < 4.78 is 19.9. The molecule has 0 amide bonds. The molecule has 4 nitrogen and oxygen atoms in total. The number of halogens is 1. The number of esters is 1. The number of hydrogen-bond donors (Lipinski definition) is 0. The van der Waals surface area contributed by atoms with Crippen molar-refractivity contribution in [3.63, 3.8) is 0 Å². The molecule has 1 aliphatic carbocycles. The minimum absolute atomic E-state index is 0.200. The first kappa shape index (κ1) is 12.8. The molecule has 104 valence electrons. The fourth-order valence-electron chi connectivity index (χ4n) is 2.60. The van der Waals surface area contributed by atoms with Crippen molar-refractivity contribution in [3.05, 3.63) is 47.0 Å².